The van der Waals surface area contributed by atoms with Crippen molar-refractivity contribution in [2.24, 2.45) is 0 Å². The van der Waals surface area contributed by atoms with E-state index in [0.717, 1.165) is 11.1 Å². The van der Waals surface area contributed by atoms with Crippen LogP contribution in [0.15, 0.2) is 66.1 Å². The number of carbonyl (C=O) groups excluding carboxylic acids is 1. The van der Waals surface area contributed by atoms with E-state index < -0.39 is 6.04 Å². The number of aromatic nitrogens is 3. The van der Waals surface area contributed by atoms with Crippen LogP contribution in [-0.4, -0.2) is 34.9 Å². The second-order valence-corrected chi connectivity index (χ2v) is 6.87. The zero-order valence-electron chi connectivity index (χ0n) is 17.0. The molecule has 8 nitrogen and oxygen atoms in total. The van der Waals surface area contributed by atoms with Crippen molar-refractivity contribution < 1.29 is 14.3 Å². The Morgan fingerprint density at radius 2 is 1.97 bits per heavy atom. The van der Waals surface area contributed by atoms with Crippen molar-refractivity contribution in [3.8, 4) is 11.5 Å². The molecule has 0 aliphatic carbocycles. The summed E-state index contributed by atoms with van der Waals surface area (Å²) in [6.07, 6.45) is 1.46. The first-order chi connectivity index (χ1) is 14.6. The van der Waals surface area contributed by atoms with Gasteiger partial charge in [0.05, 0.1) is 19.8 Å². The van der Waals surface area contributed by atoms with E-state index in [4.69, 9.17) is 9.47 Å². The second-order valence-electron chi connectivity index (χ2n) is 6.87. The van der Waals surface area contributed by atoms with Crippen molar-refractivity contribution in [2.75, 3.05) is 19.5 Å². The van der Waals surface area contributed by atoms with Crippen molar-refractivity contribution in [1.82, 2.24) is 20.1 Å². The molecule has 154 valence electrons. The zero-order valence-corrected chi connectivity index (χ0v) is 17.0. The largest absolute Gasteiger partial charge is 0.497 e. The molecule has 3 aromatic rings. The first-order valence-corrected chi connectivity index (χ1v) is 9.53. The zero-order chi connectivity index (χ0) is 21.1. The smallest absolute Gasteiger partial charge is 0.251 e. The average Bonchev–Trinajstić information content (AvgIpc) is 3.24. The van der Waals surface area contributed by atoms with Crippen LogP contribution in [0.25, 0.3) is 0 Å². The summed E-state index contributed by atoms with van der Waals surface area (Å²) in [6.45, 7) is 2.28. The van der Waals surface area contributed by atoms with Gasteiger partial charge < -0.3 is 20.1 Å². The Kier molecular flexibility index (Phi) is 5.38. The summed E-state index contributed by atoms with van der Waals surface area (Å²) in [5.74, 6) is 1.65. The predicted molar refractivity (Wildman–Crippen MR) is 112 cm³/mol. The van der Waals surface area contributed by atoms with Crippen LogP contribution in [0.2, 0.25) is 0 Å². The number of amides is 1. The molecule has 1 aliphatic rings. The number of nitrogens with zero attached hydrogens (tertiary/aromatic N) is 3. The topological polar surface area (TPSA) is 90.3 Å². The van der Waals surface area contributed by atoms with Gasteiger partial charge in [0, 0.05) is 17.8 Å². The minimum Gasteiger partial charge on any atom is -0.497 e. The molecule has 1 atom stereocenters. The number of benzene rings is 2. The number of nitrogens with one attached hydrogen (secondary N) is 2. The minimum atomic E-state index is -0.524. The lowest BCUT2D eigenvalue weighted by Crippen LogP contribution is -2.35. The van der Waals surface area contributed by atoms with Crippen molar-refractivity contribution >= 4 is 11.9 Å². The van der Waals surface area contributed by atoms with Crippen LogP contribution in [0.4, 0.5) is 5.95 Å². The minimum absolute atomic E-state index is 0.195. The summed E-state index contributed by atoms with van der Waals surface area (Å²) in [5.41, 5.74) is 3.02. The first kappa shape index (κ1) is 19.5. The van der Waals surface area contributed by atoms with Crippen molar-refractivity contribution in [3.05, 3.63) is 77.3 Å². The Balaban J connectivity index is 1.75. The Hall–Kier alpha value is -3.81. The fraction of sp³-hybridized carbons (Fsp3) is 0.227. The van der Waals surface area contributed by atoms with E-state index in [1.165, 1.54) is 6.33 Å². The lowest BCUT2D eigenvalue weighted by Gasteiger charge is -2.29. The highest BCUT2D eigenvalue weighted by Gasteiger charge is 2.35. The summed E-state index contributed by atoms with van der Waals surface area (Å²) >= 11 is 0. The molecule has 30 heavy (non-hydrogen) atoms. The molecule has 0 saturated heterocycles. The van der Waals surface area contributed by atoms with Gasteiger partial charge in [0.15, 0.2) is 0 Å². The standard InChI is InChI=1S/C22H23N5O3/c1-14-19(21(28)23-12-15-7-5-4-6-8-15)20(27-22(26-14)24-13-25-27)17-11-16(29-2)9-10-18(17)30-3/h4-11,13,20H,12H2,1-3H3,(H,23,28)(H,24,25,26). The van der Waals surface area contributed by atoms with Gasteiger partial charge in [0.25, 0.3) is 5.91 Å². The Morgan fingerprint density at radius 1 is 1.17 bits per heavy atom. The van der Waals surface area contributed by atoms with Crippen LogP contribution in [0, 0.1) is 0 Å². The molecule has 0 fully saturated rings. The second kappa shape index (κ2) is 8.28. The third-order valence-corrected chi connectivity index (χ3v) is 5.07. The van der Waals surface area contributed by atoms with E-state index in [0.29, 0.717) is 35.3 Å². The maximum Gasteiger partial charge on any atom is 0.251 e. The van der Waals surface area contributed by atoms with Gasteiger partial charge in [0.1, 0.15) is 23.9 Å². The van der Waals surface area contributed by atoms with Crippen LogP contribution in [0.5, 0.6) is 11.5 Å². The van der Waals surface area contributed by atoms with Crippen LogP contribution in [0.3, 0.4) is 0 Å². The summed E-state index contributed by atoms with van der Waals surface area (Å²) in [7, 11) is 3.20. The van der Waals surface area contributed by atoms with Gasteiger partial charge in [-0.15, -0.1) is 0 Å². The Bertz CT molecular complexity index is 1090. The number of hydrogen-bond acceptors (Lipinski definition) is 6. The van der Waals surface area contributed by atoms with E-state index >= 15 is 0 Å². The fourth-order valence-electron chi connectivity index (χ4n) is 3.60. The third kappa shape index (κ3) is 3.59. The third-order valence-electron chi connectivity index (χ3n) is 5.07. The summed E-state index contributed by atoms with van der Waals surface area (Å²) < 4.78 is 12.7. The molecule has 2 aromatic carbocycles. The molecule has 1 aromatic heterocycles. The van der Waals surface area contributed by atoms with Gasteiger partial charge in [-0.05, 0) is 30.7 Å². The maximum absolute atomic E-state index is 13.3. The van der Waals surface area contributed by atoms with E-state index in [-0.39, 0.29) is 5.91 Å². The quantitative estimate of drug-likeness (QED) is 0.655. The number of hydrogen-bond donors (Lipinski definition) is 2. The normalized spacial score (nSPS) is 15.2. The predicted octanol–water partition coefficient (Wildman–Crippen LogP) is 2.90. The van der Waals surface area contributed by atoms with Crippen LogP contribution in [0.1, 0.15) is 24.1 Å². The van der Waals surface area contributed by atoms with Gasteiger partial charge in [-0.2, -0.15) is 10.1 Å². The fourth-order valence-corrected chi connectivity index (χ4v) is 3.60. The molecular formula is C22H23N5O3. The highest BCUT2D eigenvalue weighted by atomic mass is 16.5. The molecule has 2 N–H and O–H groups in total. The first-order valence-electron chi connectivity index (χ1n) is 9.53. The number of methoxy groups -OCH3 is 2. The molecule has 0 spiro atoms. The number of fused-ring (bicyclic) bond motifs is 1. The van der Waals surface area contributed by atoms with Gasteiger partial charge in [0.2, 0.25) is 5.95 Å². The van der Waals surface area contributed by atoms with E-state index in [1.54, 1.807) is 18.9 Å². The lowest BCUT2D eigenvalue weighted by atomic mass is 9.94. The van der Waals surface area contributed by atoms with Crippen LogP contribution in [-0.2, 0) is 11.3 Å². The summed E-state index contributed by atoms with van der Waals surface area (Å²) in [5, 5.41) is 10.6. The maximum atomic E-state index is 13.3. The summed E-state index contributed by atoms with van der Waals surface area (Å²) in [4.78, 5) is 17.6. The van der Waals surface area contributed by atoms with Crippen molar-refractivity contribution in [3.63, 3.8) is 0 Å². The van der Waals surface area contributed by atoms with E-state index in [1.807, 2.05) is 55.5 Å². The number of ether oxygens (including phenoxy) is 2. The molecule has 4 rings (SSSR count). The van der Waals surface area contributed by atoms with E-state index in [2.05, 4.69) is 20.7 Å². The summed E-state index contributed by atoms with van der Waals surface area (Å²) in [6, 6.07) is 14.7. The molecule has 0 saturated carbocycles. The van der Waals surface area contributed by atoms with Gasteiger partial charge in [-0.1, -0.05) is 30.3 Å². The lowest BCUT2D eigenvalue weighted by molar-refractivity contribution is -0.118. The molecule has 0 radical (unpaired) electrons. The van der Waals surface area contributed by atoms with Crippen LogP contribution >= 0.6 is 0 Å². The average molecular weight is 405 g/mol. The molecule has 8 heteroatoms. The molecular weight excluding hydrogens is 382 g/mol. The molecule has 0 bridgehead atoms. The molecule has 1 amide bonds. The molecule has 1 aliphatic heterocycles. The Morgan fingerprint density at radius 3 is 2.70 bits per heavy atom. The number of allylic oxidation sites excluding steroid dienone is 1. The monoisotopic (exact) mass is 405 g/mol. The van der Waals surface area contributed by atoms with Gasteiger partial charge in [-0.25, -0.2) is 4.68 Å². The van der Waals surface area contributed by atoms with Gasteiger partial charge in [-0.3, -0.25) is 4.79 Å². The SMILES string of the molecule is COc1ccc(OC)c(C2C(C(=O)NCc3ccccc3)=C(C)Nc3ncnn32)c1. The molecule has 2 heterocycles. The van der Waals surface area contributed by atoms with Crippen molar-refractivity contribution in [1.29, 1.82) is 0 Å². The van der Waals surface area contributed by atoms with Crippen LogP contribution < -0.4 is 20.1 Å². The van der Waals surface area contributed by atoms with Crippen molar-refractivity contribution in [2.45, 2.75) is 19.5 Å². The van der Waals surface area contributed by atoms with E-state index in [9.17, 15) is 4.79 Å². The van der Waals surface area contributed by atoms with Gasteiger partial charge >= 0.3 is 0 Å². The number of rotatable bonds is 6. The number of anilines is 1. The molecule has 1 unspecified atom stereocenters. The Labute approximate surface area is 174 Å². The highest BCUT2D eigenvalue weighted by Crippen LogP contribution is 2.40. The highest BCUT2D eigenvalue weighted by molar-refractivity contribution is 5.96. The number of carbonyl (C=O) groups is 1.